The first-order valence-corrected chi connectivity index (χ1v) is 9.28. The maximum absolute atomic E-state index is 12.6. The predicted molar refractivity (Wildman–Crippen MR) is 100 cm³/mol. The number of aryl methyl sites for hydroxylation is 2. The molecule has 0 fully saturated rings. The number of benzene rings is 1. The molecule has 0 unspecified atom stereocenters. The molecule has 2 aromatic heterocycles. The van der Waals surface area contributed by atoms with E-state index in [2.05, 4.69) is 25.1 Å². The molecule has 6 heteroatoms. The third kappa shape index (κ3) is 3.31. The maximum atomic E-state index is 12.6. The van der Waals surface area contributed by atoms with Crippen molar-refractivity contribution in [3.8, 4) is 0 Å². The van der Waals surface area contributed by atoms with Crippen LogP contribution in [0, 0.1) is 6.92 Å². The lowest BCUT2D eigenvalue weighted by molar-refractivity contribution is 0.0955. The fourth-order valence-electron chi connectivity index (χ4n) is 3.54. The molecule has 26 heavy (non-hydrogen) atoms. The van der Waals surface area contributed by atoms with Crippen LogP contribution in [-0.2, 0) is 19.4 Å². The Labute approximate surface area is 152 Å². The second-order valence-corrected chi connectivity index (χ2v) is 6.83. The molecule has 0 bridgehead atoms. The average molecular weight is 349 g/mol. The molecule has 3 aromatic rings. The van der Waals surface area contributed by atoms with E-state index < -0.39 is 0 Å². The zero-order valence-electron chi connectivity index (χ0n) is 15.0. The van der Waals surface area contributed by atoms with Gasteiger partial charge in [0.25, 0.3) is 5.91 Å². The summed E-state index contributed by atoms with van der Waals surface area (Å²) in [5.41, 5.74) is 2.27. The molecule has 1 amide bonds. The van der Waals surface area contributed by atoms with Crippen LogP contribution in [0.25, 0.3) is 10.9 Å². The molecule has 1 aliphatic heterocycles. The number of nitrogens with one attached hydrogen (secondary N) is 1. The van der Waals surface area contributed by atoms with Gasteiger partial charge >= 0.3 is 0 Å². The highest BCUT2D eigenvalue weighted by molar-refractivity contribution is 6.05. The highest BCUT2D eigenvalue weighted by Gasteiger charge is 2.15. The van der Waals surface area contributed by atoms with Gasteiger partial charge in [-0.15, -0.1) is 10.2 Å². The maximum Gasteiger partial charge on any atom is 0.253 e. The van der Waals surface area contributed by atoms with Gasteiger partial charge in [-0.05, 0) is 31.9 Å². The van der Waals surface area contributed by atoms with E-state index in [4.69, 9.17) is 0 Å². The molecule has 1 aliphatic rings. The van der Waals surface area contributed by atoms with Crippen LogP contribution in [0.2, 0.25) is 0 Å². The Kier molecular flexibility index (Phi) is 4.65. The van der Waals surface area contributed by atoms with Crippen LogP contribution in [0.3, 0.4) is 0 Å². The van der Waals surface area contributed by atoms with E-state index in [1.807, 2.05) is 37.3 Å². The number of carbonyl (C=O) groups excluding carboxylic acids is 1. The fraction of sp³-hybridized carbons (Fsp3) is 0.400. The van der Waals surface area contributed by atoms with Crippen molar-refractivity contribution in [1.82, 2.24) is 25.1 Å². The molecule has 0 radical (unpaired) electrons. The van der Waals surface area contributed by atoms with Crippen LogP contribution in [0.1, 0.15) is 47.0 Å². The molecular weight excluding hydrogens is 326 g/mol. The third-order valence-electron chi connectivity index (χ3n) is 4.92. The van der Waals surface area contributed by atoms with Crippen molar-refractivity contribution in [2.45, 2.75) is 45.6 Å². The first-order chi connectivity index (χ1) is 12.7. The van der Waals surface area contributed by atoms with Crippen molar-refractivity contribution in [3.05, 3.63) is 53.2 Å². The minimum atomic E-state index is -0.0932. The summed E-state index contributed by atoms with van der Waals surface area (Å²) in [6, 6.07) is 9.66. The zero-order chi connectivity index (χ0) is 17.9. The summed E-state index contributed by atoms with van der Waals surface area (Å²) in [5, 5.41) is 12.6. The second kappa shape index (κ2) is 7.23. The molecule has 3 heterocycles. The zero-order valence-corrected chi connectivity index (χ0v) is 15.0. The summed E-state index contributed by atoms with van der Waals surface area (Å²) in [7, 11) is 0. The molecule has 0 aliphatic carbocycles. The van der Waals surface area contributed by atoms with Gasteiger partial charge in [-0.1, -0.05) is 24.6 Å². The number of rotatable bonds is 4. The van der Waals surface area contributed by atoms with Gasteiger partial charge in [0.1, 0.15) is 11.6 Å². The van der Waals surface area contributed by atoms with Crippen molar-refractivity contribution >= 4 is 16.8 Å². The van der Waals surface area contributed by atoms with Crippen molar-refractivity contribution in [1.29, 1.82) is 0 Å². The van der Waals surface area contributed by atoms with Crippen molar-refractivity contribution in [3.63, 3.8) is 0 Å². The minimum absolute atomic E-state index is 0.0932. The monoisotopic (exact) mass is 349 g/mol. The van der Waals surface area contributed by atoms with Gasteiger partial charge in [-0.2, -0.15) is 0 Å². The highest BCUT2D eigenvalue weighted by Crippen LogP contribution is 2.17. The van der Waals surface area contributed by atoms with Gasteiger partial charge in [0, 0.05) is 37.0 Å². The Bertz CT molecular complexity index is 947. The van der Waals surface area contributed by atoms with E-state index in [1.165, 1.54) is 19.3 Å². The molecule has 1 N–H and O–H groups in total. The Balaban J connectivity index is 1.45. The summed E-state index contributed by atoms with van der Waals surface area (Å²) in [6.07, 6.45) is 5.29. The van der Waals surface area contributed by atoms with Crippen LogP contribution in [0.4, 0.5) is 0 Å². The summed E-state index contributed by atoms with van der Waals surface area (Å²) in [5.74, 6) is 1.95. The standard InChI is InChI=1S/C20H23N5O/c1-14-9-10-15-6-5-7-16(19(15)22-14)20(26)21-12-11-18-24-23-17-8-3-2-4-13-25(17)18/h5-7,9-10H,2-4,8,11-13H2,1H3,(H,21,26). The first kappa shape index (κ1) is 16.7. The molecule has 0 atom stereocenters. The fourth-order valence-corrected chi connectivity index (χ4v) is 3.54. The number of hydrogen-bond donors (Lipinski definition) is 1. The largest absolute Gasteiger partial charge is 0.352 e. The summed E-state index contributed by atoms with van der Waals surface area (Å²) >= 11 is 0. The molecule has 0 saturated heterocycles. The molecule has 0 spiro atoms. The lowest BCUT2D eigenvalue weighted by atomic mass is 10.1. The number of hydrogen-bond acceptors (Lipinski definition) is 4. The van der Waals surface area contributed by atoms with E-state index in [0.29, 0.717) is 18.5 Å². The number of nitrogens with zero attached hydrogens (tertiary/aromatic N) is 4. The SMILES string of the molecule is Cc1ccc2cccc(C(=O)NCCc3nnc4n3CCCCC4)c2n1. The number of para-hydroxylation sites is 1. The third-order valence-corrected chi connectivity index (χ3v) is 4.92. The summed E-state index contributed by atoms with van der Waals surface area (Å²) < 4.78 is 2.22. The highest BCUT2D eigenvalue weighted by atomic mass is 16.1. The number of fused-ring (bicyclic) bond motifs is 2. The molecule has 1 aromatic carbocycles. The van der Waals surface area contributed by atoms with Crippen LogP contribution in [0.15, 0.2) is 30.3 Å². The molecule has 4 rings (SSSR count). The van der Waals surface area contributed by atoms with Gasteiger partial charge in [0.05, 0.1) is 11.1 Å². The quantitative estimate of drug-likeness (QED) is 0.786. The molecule has 134 valence electrons. The van der Waals surface area contributed by atoms with E-state index >= 15 is 0 Å². The summed E-state index contributed by atoms with van der Waals surface area (Å²) in [6.45, 7) is 3.46. The van der Waals surface area contributed by atoms with Gasteiger partial charge in [-0.3, -0.25) is 9.78 Å². The van der Waals surface area contributed by atoms with Crippen LogP contribution in [-0.4, -0.2) is 32.2 Å². The number of pyridine rings is 1. The van der Waals surface area contributed by atoms with Gasteiger partial charge < -0.3 is 9.88 Å². The van der Waals surface area contributed by atoms with E-state index in [9.17, 15) is 4.79 Å². The number of aromatic nitrogens is 4. The predicted octanol–water partition coefficient (Wildman–Crippen LogP) is 2.83. The van der Waals surface area contributed by atoms with Gasteiger partial charge in [0.15, 0.2) is 0 Å². The minimum Gasteiger partial charge on any atom is -0.352 e. The lowest BCUT2D eigenvalue weighted by Gasteiger charge is -2.09. The Morgan fingerprint density at radius 2 is 2.08 bits per heavy atom. The smallest absolute Gasteiger partial charge is 0.253 e. The van der Waals surface area contributed by atoms with Crippen LogP contribution in [0.5, 0.6) is 0 Å². The Hall–Kier alpha value is -2.76. The van der Waals surface area contributed by atoms with E-state index in [-0.39, 0.29) is 5.91 Å². The van der Waals surface area contributed by atoms with Crippen molar-refractivity contribution in [2.24, 2.45) is 0 Å². The molecule has 6 nitrogen and oxygen atoms in total. The van der Waals surface area contributed by atoms with Crippen LogP contribution < -0.4 is 5.32 Å². The van der Waals surface area contributed by atoms with E-state index in [1.54, 1.807) is 0 Å². The first-order valence-electron chi connectivity index (χ1n) is 9.28. The van der Waals surface area contributed by atoms with Gasteiger partial charge in [-0.25, -0.2) is 0 Å². The Morgan fingerprint density at radius 1 is 1.15 bits per heavy atom. The normalized spacial score (nSPS) is 14.0. The van der Waals surface area contributed by atoms with Gasteiger partial charge in [0.2, 0.25) is 0 Å². The van der Waals surface area contributed by atoms with Crippen LogP contribution >= 0.6 is 0 Å². The van der Waals surface area contributed by atoms with E-state index in [0.717, 1.165) is 41.2 Å². The average Bonchev–Trinajstić information content (AvgIpc) is 2.87. The molecular formula is C20H23N5O. The summed E-state index contributed by atoms with van der Waals surface area (Å²) in [4.78, 5) is 17.2. The Morgan fingerprint density at radius 3 is 3.00 bits per heavy atom. The van der Waals surface area contributed by atoms with Crippen molar-refractivity contribution < 1.29 is 4.79 Å². The molecule has 0 saturated carbocycles. The van der Waals surface area contributed by atoms with Crippen molar-refractivity contribution in [2.75, 3.05) is 6.54 Å². The lowest BCUT2D eigenvalue weighted by Crippen LogP contribution is -2.27. The second-order valence-electron chi connectivity index (χ2n) is 6.83. The topological polar surface area (TPSA) is 72.7 Å². The number of amides is 1. The number of carbonyl (C=O) groups is 1.